The maximum atomic E-state index is 5.78. The summed E-state index contributed by atoms with van der Waals surface area (Å²) < 4.78 is 19.2. The van der Waals surface area contributed by atoms with Gasteiger partial charge in [0.15, 0.2) is 11.5 Å². The van der Waals surface area contributed by atoms with Crippen LogP contribution in [0.15, 0.2) is 54.7 Å². The number of aromatic nitrogens is 1. The van der Waals surface area contributed by atoms with Crippen molar-refractivity contribution < 1.29 is 14.2 Å². The van der Waals surface area contributed by atoms with E-state index in [1.54, 1.807) is 7.11 Å². The largest absolute Gasteiger partial charge is 0.497 e. The van der Waals surface area contributed by atoms with Crippen LogP contribution in [0.5, 0.6) is 17.2 Å². The van der Waals surface area contributed by atoms with Crippen LogP contribution in [0.3, 0.4) is 0 Å². The number of benzene rings is 2. The topological polar surface area (TPSA) is 47.9 Å². The predicted molar refractivity (Wildman–Crippen MR) is 117 cm³/mol. The Morgan fingerprint density at radius 1 is 0.967 bits per heavy atom. The first-order valence-corrected chi connectivity index (χ1v) is 10.5. The number of rotatable bonds is 2. The minimum absolute atomic E-state index is 0.0762. The van der Waals surface area contributed by atoms with E-state index in [2.05, 4.69) is 57.4 Å². The molecule has 1 N–H and O–H groups in total. The van der Waals surface area contributed by atoms with Crippen LogP contribution in [0, 0.1) is 0 Å². The molecule has 3 aromatic rings. The zero-order valence-electron chi connectivity index (χ0n) is 17.1. The third kappa shape index (κ3) is 2.63. The third-order valence-electron chi connectivity index (χ3n) is 6.58. The van der Waals surface area contributed by atoms with E-state index in [0.29, 0.717) is 13.2 Å². The quantitative estimate of drug-likeness (QED) is 0.696. The lowest BCUT2D eigenvalue weighted by atomic mass is 9.82. The first-order valence-electron chi connectivity index (χ1n) is 10.5. The Bertz CT molecular complexity index is 1100. The monoisotopic (exact) mass is 403 g/mol. The predicted octanol–water partition coefficient (Wildman–Crippen LogP) is 4.18. The van der Waals surface area contributed by atoms with Crippen molar-refractivity contribution in [2.24, 2.45) is 0 Å². The highest BCUT2D eigenvalue weighted by Crippen LogP contribution is 2.45. The molecule has 6 rings (SSSR count). The van der Waals surface area contributed by atoms with Crippen molar-refractivity contribution in [1.82, 2.24) is 4.57 Å². The van der Waals surface area contributed by atoms with Gasteiger partial charge in [-0.15, -0.1) is 0 Å². The smallest absolute Gasteiger partial charge is 0.163 e. The Kier molecular flexibility index (Phi) is 3.88. The first-order chi connectivity index (χ1) is 14.8. The molecule has 0 atom stereocenters. The maximum absolute atomic E-state index is 5.78. The highest BCUT2D eigenvalue weighted by molar-refractivity contribution is 5.69. The summed E-state index contributed by atoms with van der Waals surface area (Å²) in [7, 11) is 1.72. The molecule has 6 nitrogen and oxygen atoms in total. The fraction of sp³-hybridized carbons (Fsp3) is 0.333. The van der Waals surface area contributed by atoms with E-state index in [0.717, 1.165) is 48.9 Å². The zero-order chi connectivity index (χ0) is 20.1. The summed E-state index contributed by atoms with van der Waals surface area (Å²) in [6.45, 7) is 3.17. The van der Waals surface area contributed by atoms with E-state index in [1.807, 2.05) is 12.1 Å². The molecule has 0 radical (unpaired) electrons. The van der Waals surface area contributed by atoms with Crippen LogP contribution in [0.4, 0.5) is 11.4 Å². The Balaban J connectivity index is 1.29. The van der Waals surface area contributed by atoms with Crippen LogP contribution < -0.4 is 24.4 Å². The second-order valence-corrected chi connectivity index (χ2v) is 8.17. The molecule has 1 aromatic heterocycles. The Hall–Kier alpha value is -3.28. The SMILES string of the molecule is COc1ccc2c(c1)NC1(CCN(c3ccc4c(c3)OCCO4)CC1)c1cccn1-2. The second kappa shape index (κ2) is 6.62. The molecule has 30 heavy (non-hydrogen) atoms. The summed E-state index contributed by atoms with van der Waals surface area (Å²) in [4.78, 5) is 2.44. The van der Waals surface area contributed by atoms with Crippen molar-refractivity contribution in [2.45, 2.75) is 18.4 Å². The number of methoxy groups -OCH3 is 1. The normalized spacial score (nSPS) is 18.4. The molecule has 6 heteroatoms. The summed E-state index contributed by atoms with van der Waals surface area (Å²) in [6, 6.07) is 16.9. The van der Waals surface area contributed by atoms with Crippen LogP contribution in [0.25, 0.3) is 5.69 Å². The molecular weight excluding hydrogens is 378 g/mol. The number of nitrogens with one attached hydrogen (secondary N) is 1. The minimum Gasteiger partial charge on any atom is -0.497 e. The summed E-state index contributed by atoms with van der Waals surface area (Å²) >= 11 is 0. The number of anilines is 2. The molecule has 0 bridgehead atoms. The number of nitrogens with zero attached hydrogens (tertiary/aromatic N) is 2. The van der Waals surface area contributed by atoms with E-state index in [1.165, 1.54) is 17.1 Å². The van der Waals surface area contributed by atoms with E-state index >= 15 is 0 Å². The summed E-state index contributed by atoms with van der Waals surface area (Å²) in [5.41, 5.74) is 4.76. The van der Waals surface area contributed by atoms with Gasteiger partial charge in [0.1, 0.15) is 19.0 Å². The van der Waals surface area contributed by atoms with Gasteiger partial charge in [0.25, 0.3) is 0 Å². The van der Waals surface area contributed by atoms with E-state index in [9.17, 15) is 0 Å². The molecule has 1 spiro atoms. The van der Waals surface area contributed by atoms with Gasteiger partial charge in [0.2, 0.25) is 0 Å². The highest BCUT2D eigenvalue weighted by Gasteiger charge is 2.41. The summed E-state index contributed by atoms with van der Waals surface area (Å²) in [5.74, 6) is 2.57. The van der Waals surface area contributed by atoms with Crippen molar-refractivity contribution >= 4 is 11.4 Å². The Labute approximate surface area is 176 Å². The first kappa shape index (κ1) is 17.6. The van der Waals surface area contributed by atoms with Crippen LogP contribution in [-0.2, 0) is 5.54 Å². The fourth-order valence-corrected chi connectivity index (χ4v) is 5.01. The molecule has 1 fully saturated rings. The number of ether oxygens (including phenoxy) is 3. The average Bonchev–Trinajstić information content (AvgIpc) is 3.30. The number of fused-ring (bicyclic) bond motifs is 5. The van der Waals surface area contributed by atoms with Crippen LogP contribution >= 0.6 is 0 Å². The number of piperidine rings is 1. The lowest BCUT2D eigenvalue weighted by Gasteiger charge is -2.47. The molecule has 3 aliphatic heterocycles. The van der Waals surface area contributed by atoms with Crippen LogP contribution in [0.2, 0.25) is 0 Å². The van der Waals surface area contributed by atoms with Gasteiger partial charge in [-0.2, -0.15) is 0 Å². The minimum atomic E-state index is -0.0762. The van der Waals surface area contributed by atoms with Crippen LogP contribution in [-0.4, -0.2) is 38.0 Å². The highest BCUT2D eigenvalue weighted by atomic mass is 16.6. The van der Waals surface area contributed by atoms with Gasteiger partial charge in [0, 0.05) is 42.8 Å². The molecule has 0 amide bonds. The third-order valence-corrected chi connectivity index (χ3v) is 6.58. The molecular formula is C24H25N3O3. The van der Waals surface area contributed by atoms with Gasteiger partial charge in [-0.3, -0.25) is 0 Å². The molecule has 1 saturated heterocycles. The van der Waals surface area contributed by atoms with Gasteiger partial charge in [0.05, 0.1) is 24.0 Å². The van der Waals surface area contributed by atoms with Gasteiger partial charge < -0.3 is 29.0 Å². The van der Waals surface area contributed by atoms with Crippen molar-refractivity contribution in [3.8, 4) is 22.9 Å². The summed E-state index contributed by atoms with van der Waals surface area (Å²) in [6.07, 6.45) is 4.20. The summed E-state index contributed by atoms with van der Waals surface area (Å²) in [5, 5.41) is 3.88. The van der Waals surface area contributed by atoms with E-state index in [4.69, 9.17) is 14.2 Å². The van der Waals surface area contributed by atoms with Crippen molar-refractivity contribution in [2.75, 3.05) is 43.6 Å². The number of hydrogen-bond acceptors (Lipinski definition) is 5. The standard InChI is InChI=1S/C24H25N3O3/c1-28-18-5-6-20-19(16-18)25-24(23-3-2-10-27(20)23)8-11-26(12-9-24)17-4-7-21-22(15-17)30-14-13-29-21/h2-7,10,15-16,25H,8-9,11-14H2,1H3. The molecule has 2 aromatic carbocycles. The van der Waals surface area contributed by atoms with Gasteiger partial charge in [-0.05, 0) is 49.2 Å². The molecule has 4 heterocycles. The Morgan fingerprint density at radius 3 is 2.63 bits per heavy atom. The average molecular weight is 403 g/mol. The van der Waals surface area contributed by atoms with E-state index in [-0.39, 0.29) is 5.54 Å². The van der Waals surface area contributed by atoms with Crippen molar-refractivity contribution in [3.63, 3.8) is 0 Å². The van der Waals surface area contributed by atoms with Crippen molar-refractivity contribution in [1.29, 1.82) is 0 Å². The van der Waals surface area contributed by atoms with E-state index < -0.39 is 0 Å². The van der Waals surface area contributed by atoms with Crippen LogP contribution in [0.1, 0.15) is 18.5 Å². The number of hydrogen-bond donors (Lipinski definition) is 1. The van der Waals surface area contributed by atoms with Crippen molar-refractivity contribution in [3.05, 3.63) is 60.4 Å². The molecule has 154 valence electrons. The molecule has 0 unspecified atom stereocenters. The molecule has 3 aliphatic rings. The van der Waals surface area contributed by atoms with Gasteiger partial charge >= 0.3 is 0 Å². The zero-order valence-corrected chi connectivity index (χ0v) is 17.1. The lowest BCUT2D eigenvalue weighted by molar-refractivity contribution is 0.171. The van der Waals surface area contributed by atoms with Gasteiger partial charge in [-0.25, -0.2) is 0 Å². The molecule has 0 saturated carbocycles. The Morgan fingerprint density at radius 2 is 1.80 bits per heavy atom. The van der Waals surface area contributed by atoms with Gasteiger partial charge in [-0.1, -0.05) is 0 Å². The maximum Gasteiger partial charge on any atom is 0.163 e. The fourth-order valence-electron chi connectivity index (χ4n) is 5.01. The molecule has 0 aliphatic carbocycles. The lowest BCUT2D eigenvalue weighted by Crippen LogP contribution is -2.49. The second-order valence-electron chi connectivity index (χ2n) is 8.17.